The number of carbonyl (C=O) groups is 2. The minimum Gasteiger partial charge on any atom is -0.463 e. The molecule has 13 heavy (non-hydrogen) atoms. The lowest BCUT2D eigenvalue weighted by atomic mass is 10.2. The van der Waals surface area contributed by atoms with Crippen LogP contribution in [0.2, 0.25) is 0 Å². The standard InChI is InChI=1S/C9H13NO3/c1-3-13-9(12)6(2)7-4-5-8(11)10-7/h3-5H2,1-2H3,(H,10,11)/b7-6+. The first kappa shape index (κ1) is 9.77. The Bertz CT molecular complexity index is 268. The molecule has 0 bridgehead atoms. The van der Waals surface area contributed by atoms with Crippen molar-refractivity contribution >= 4 is 11.9 Å². The molecule has 1 heterocycles. The minimum atomic E-state index is -0.347. The smallest absolute Gasteiger partial charge is 0.335 e. The molecule has 0 aromatic carbocycles. The highest BCUT2D eigenvalue weighted by molar-refractivity contribution is 5.91. The highest BCUT2D eigenvalue weighted by Crippen LogP contribution is 2.15. The molecular weight excluding hydrogens is 170 g/mol. The molecule has 0 spiro atoms. The first-order valence-electron chi connectivity index (χ1n) is 4.32. The molecule has 1 saturated heterocycles. The van der Waals surface area contributed by atoms with E-state index in [2.05, 4.69) is 5.32 Å². The monoisotopic (exact) mass is 183 g/mol. The lowest BCUT2D eigenvalue weighted by molar-refractivity contribution is -0.138. The molecule has 0 aromatic rings. The van der Waals surface area contributed by atoms with E-state index >= 15 is 0 Å². The molecule has 0 saturated carbocycles. The number of hydrogen-bond donors (Lipinski definition) is 1. The Labute approximate surface area is 76.9 Å². The van der Waals surface area contributed by atoms with E-state index in [9.17, 15) is 9.59 Å². The predicted octanol–water partition coefficient (Wildman–Crippen LogP) is 0.734. The largest absolute Gasteiger partial charge is 0.463 e. The van der Waals surface area contributed by atoms with Gasteiger partial charge in [-0.05, 0) is 20.3 Å². The van der Waals surface area contributed by atoms with E-state index in [4.69, 9.17) is 4.74 Å². The molecule has 1 N–H and O–H groups in total. The SMILES string of the molecule is CCOC(=O)/C(C)=C1\CCC(=O)N1. The Morgan fingerprint density at radius 3 is 2.69 bits per heavy atom. The van der Waals surface area contributed by atoms with Crippen LogP contribution in [0, 0.1) is 0 Å². The minimum absolute atomic E-state index is 0.0290. The molecule has 0 aliphatic carbocycles. The van der Waals surface area contributed by atoms with Crippen LogP contribution in [0.3, 0.4) is 0 Å². The van der Waals surface area contributed by atoms with Crippen molar-refractivity contribution in [1.82, 2.24) is 5.32 Å². The molecule has 1 fully saturated rings. The summed E-state index contributed by atoms with van der Waals surface area (Å²) < 4.78 is 4.80. The van der Waals surface area contributed by atoms with Gasteiger partial charge in [-0.15, -0.1) is 0 Å². The number of amides is 1. The summed E-state index contributed by atoms with van der Waals surface area (Å²) in [7, 11) is 0. The predicted molar refractivity (Wildman–Crippen MR) is 46.7 cm³/mol. The van der Waals surface area contributed by atoms with Crippen LogP contribution in [0.4, 0.5) is 0 Å². The van der Waals surface area contributed by atoms with Crippen molar-refractivity contribution in [1.29, 1.82) is 0 Å². The fourth-order valence-corrected chi connectivity index (χ4v) is 1.18. The van der Waals surface area contributed by atoms with Crippen LogP contribution < -0.4 is 5.32 Å². The number of nitrogens with one attached hydrogen (secondary N) is 1. The Kier molecular flexibility index (Phi) is 3.06. The maximum Gasteiger partial charge on any atom is 0.335 e. The Balaban J connectivity index is 2.68. The van der Waals surface area contributed by atoms with Crippen LogP contribution in [-0.2, 0) is 14.3 Å². The number of hydrogen-bond acceptors (Lipinski definition) is 3. The number of allylic oxidation sites excluding steroid dienone is 1. The zero-order valence-corrected chi connectivity index (χ0v) is 7.85. The van der Waals surface area contributed by atoms with E-state index in [0.29, 0.717) is 30.7 Å². The van der Waals surface area contributed by atoms with E-state index in [0.717, 1.165) is 0 Å². The van der Waals surface area contributed by atoms with Gasteiger partial charge in [0.25, 0.3) is 0 Å². The van der Waals surface area contributed by atoms with Gasteiger partial charge in [0.2, 0.25) is 5.91 Å². The summed E-state index contributed by atoms with van der Waals surface area (Å²) in [5.74, 6) is -0.377. The zero-order chi connectivity index (χ0) is 9.84. The molecule has 4 heteroatoms. The number of rotatable bonds is 2. The van der Waals surface area contributed by atoms with Gasteiger partial charge in [-0.3, -0.25) is 4.79 Å². The topological polar surface area (TPSA) is 55.4 Å². The molecule has 72 valence electrons. The van der Waals surface area contributed by atoms with Crippen LogP contribution in [0.5, 0.6) is 0 Å². The average molecular weight is 183 g/mol. The highest BCUT2D eigenvalue weighted by atomic mass is 16.5. The Morgan fingerprint density at radius 1 is 1.54 bits per heavy atom. The van der Waals surface area contributed by atoms with Gasteiger partial charge in [0.1, 0.15) is 0 Å². The number of ether oxygens (including phenoxy) is 1. The van der Waals surface area contributed by atoms with E-state index in [1.807, 2.05) is 0 Å². The third kappa shape index (κ3) is 2.31. The molecule has 0 aromatic heterocycles. The van der Waals surface area contributed by atoms with Gasteiger partial charge < -0.3 is 10.1 Å². The van der Waals surface area contributed by atoms with Crippen molar-refractivity contribution in [2.45, 2.75) is 26.7 Å². The van der Waals surface area contributed by atoms with E-state index in [1.165, 1.54) is 0 Å². The van der Waals surface area contributed by atoms with Crippen LogP contribution in [0.15, 0.2) is 11.3 Å². The van der Waals surface area contributed by atoms with E-state index in [1.54, 1.807) is 13.8 Å². The molecule has 1 aliphatic rings. The molecule has 1 aliphatic heterocycles. The van der Waals surface area contributed by atoms with Crippen LogP contribution in [0.25, 0.3) is 0 Å². The van der Waals surface area contributed by atoms with Gasteiger partial charge in [0, 0.05) is 12.1 Å². The normalized spacial score (nSPS) is 19.7. The van der Waals surface area contributed by atoms with Gasteiger partial charge >= 0.3 is 5.97 Å². The fraction of sp³-hybridized carbons (Fsp3) is 0.556. The zero-order valence-electron chi connectivity index (χ0n) is 7.85. The van der Waals surface area contributed by atoms with Crippen molar-refractivity contribution in [2.24, 2.45) is 0 Å². The average Bonchev–Trinajstić information content (AvgIpc) is 2.51. The molecule has 1 rings (SSSR count). The Hall–Kier alpha value is -1.32. The third-order valence-electron chi connectivity index (χ3n) is 1.93. The van der Waals surface area contributed by atoms with Crippen molar-refractivity contribution < 1.29 is 14.3 Å². The maximum absolute atomic E-state index is 11.2. The summed E-state index contributed by atoms with van der Waals surface area (Å²) in [6.45, 7) is 3.78. The van der Waals surface area contributed by atoms with Crippen molar-refractivity contribution in [2.75, 3.05) is 6.61 Å². The molecule has 0 unspecified atom stereocenters. The second-order valence-corrected chi connectivity index (χ2v) is 2.87. The van der Waals surface area contributed by atoms with Crippen LogP contribution in [-0.4, -0.2) is 18.5 Å². The first-order valence-corrected chi connectivity index (χ1v) is 4.32. The van der Waals surface area contributed by atoms with Gasteiger partial charge in [-0.2, -0.15) is 0 Å². The summed E-state index contributed by atoms with van der Waals surface area (Å²) in [6, 6.07) is 0. The number of esters is 1. The summed E-state index contributed by atoms with van der Waals surface area (Å²) in [5.41, 5.74) is 1.20. The molecular formula is C9H13NO3. The van der Waals surface area contributed by atoms with Crippen molar-refractivity contribution in [3.05, 3.63) is 11.3 Å². The molecule has 4 nitrogen and oxygen atoms in total. The summed E-state index contributed by atoms with van der Waals surface area (Å²) in [5, 5.41) is 2.63. The summed E-state index contributed by atoms with van der Waals surface area (Å²) in [4.78, 5) is 22.0. The third-order valence-corrected chi connectivity index (χ3v) is 1.93. The van der Waals surface area contributed by atoms with Crippen LogP contribution in [0.1, 0.15) is 26.7 Å². The highest BCUT2D eigenvalue weighted by Gasteiger charge is 2.19. The van der Waals surface area contributed by atoms with E-state index in [-0.39, 0.29) is 11.9 Å². The molecule has 1 amide bonds. The summed E-state index contributed by atoms with van der Waals surface area (Å²) >= 11 is 0. The maximum atomic E-state index is 11.2. The Morgan fingerprint density at radius 2 is 2.23 bits per heavy atom. The first-order chi connectivity index (χ1) is 6.15. The molecule has 0 atom stereocenters. The van der Waals surface area contributed by atoms with Gasteiger partial charge in [-0.25, -0.2) is 4.79 Å². The van der Waals surface area contributed by atoms with Crippen LogP contribution >= 0.6 is 0 Å². The van der Waals surface area contributed by atoms with E-state index < -0.39 is 0 Å². The lowest BCUT2D eigenvalue weighted by Gasteiger charge is -2.04. The van der Waals surface area contributed by atoms with Gasteiger partial charge in [0.15, 0.2) is 0 Å². The van der Waals surface area contributed by atoms with Crippen molar-refractivity contribution in [3.63, 3.8) is 0 Å². The molecule has 0 radical (unpaired) electrons. The quantitative estimate of drug-likeness (QED) is 0.507. The van der Waals surface area contributed by atoms with Crippen molar-refractivity contribution in [3.8, 4) is 0 Å². The van der Waals surface area contributed by atoms with Gasteiger partial charge in [-0.1, -0.05) is 0 Å². The second-order valence-electron chi connectivity index (χ2n) is 2.87. The number of carbonyl (C=O) groups excluding carboxylic acids is 2. The lowest BCUT2D eigenvalue weighted by Crippen LogP contribution is -2.16. The summed E-state index contributed by atoms with van der Waals surface area (Å²) in [6.07, 6.45) is 1.08. The fourth-order valence-electron chi connectivity index (χ4n) is 1.18. The second kappa shape index (κ2) is 4.07. The van der Waals surface area contributed by atoms with Gasteiger partial charge in [0.05, 0.1) is 12.2 Å².